The molecule has 124 valence electrons. The number of fused-ring (bicyclic) bond motifs is 1. The first-order valence-corrected chi connectivity index (χ1v) is 8.10. The normalized spacial score (nSPS) is 16.5. The van der Waals surface area contributed by atoms with Crippen molar-refractivity contribution >= 4 is 17.7 Å². The molecule has 1 aliphatic rings. The zero-order valence-electron chi connectivity index (χ0n) is 14.1. The number of amides is 3. The first-order chi connectivity index (χ1) is 10.8. The summed E-state index contributed by atoms with van der Waals surface area (Å²) in [7, 11) is 0. The van der Waals surface area contributed by atoms with E-state index in [9.17, 15) is 14.4 Å². The van der Waals surface area contributed by atoms with Crippen LogP contribution >= 0.6 is 0 Å². The van der Waals surface area contributed by atoms with E-state index >= 15 is 0 Å². The molecule has 1 N–H and O–H groups in total. The van der Waals surface area contributed by atoms with Crippen molar-refractivity contribution in [2.45, 2.75) is 52.6 Å². The number of hydrogen-bond donors (Lipinski definition) is 1. The fraction of sp³-hybridized carbons (Fsp3) is 0.500. The van der Waals surface area contributed by atoms with Crippen LogP contribution in [0.3, 0.4) is 0 Å². The van der Waals surface area contributed by atoms with E-state index in [1.807, 2.05) is 6.92 Å². The van der Waals surface area contributed by atoms with Crippen LogP contribution in [0.15, 0.2) is 24.3 Å². The second kappa shape index (κ2) is 6.94. The summed E-state index contributed by atoms with van der Waals surface area (Å²) in [5.41, 5.74) is 0.731. The molecule has 0 aromatic heterocycles. The monoisotopic (exact) mass is 316 g/mol. The molecule has 2 atom stereocenters. The predicted molar refractivity (Wildman–Crippen MR) is 88.1 cm³/mol. The second-order valence-electron chi connectivity index (χ2n) is 6.58. The van der Waals surface area contributed by atoms with Crippen LogP contribution in [0.1, 0.15) is 61.3 Å². The Morgan fingerprint density at radius 2 is 1.52 bits per heavy atom. The number of nitrogens with one attached hydrogen (secondary N) is 1. The highest BCUT2D eigenvalue weighted by atomic mass is 16.2. The molecule has 0 aliphatic carbocycles. The molecule has 0 saturated heterocycles. The number of carbonyl (C=O) groups excluding carboxylic acids is 3. The van der Waals surface area contributed by atoms with Gasteiger partial charge in [0.05, 0.1) is 11.1 Å². The molecule has 1 aliphatic heterocycles. The molecule has 2 rings (SSSR count). The fourth-order valence-electron chi connectivity index (χ4n) is 2.70. The lowest BCUT2D eigenvalue weighted by atomic mass is 10.0. The van der Waals surface area contributed by atoms with E-state index in [1.165, 1.54) is 0 Å². The smallest absolute Gasteiger partial charge is 0.262 e. The van der Waals surface area contributed by atoms with Gasteiger partial charge < -0.3 is 5.32 Å². The lowest BCUT2D eigenvalue weighted by Gasteiger charge is -2.24. The van der Waals surface area contributed by atoms with Crippen LogP contribution in [0.25, 0.3) is 0 Å². The van der Waals surface area contributed by atoms with Gasteiger partial charge in [-0.1, -0.05) is 26.0 Å². The average molecular weight is 316 g/mol. The minimum Gasteiger partial charge on any atom is -0.352 e. The summed E-state index contributed by atoms with van der Waals surface area (Å²) in [6.07, 6.45) is 1.89. The van der Waals surface area contributed by atoms with Crippen molar-refractivity contribution in [3.63, 3.8) is 0 Å². The highest BCUT2D eigenvalue weighted by Gasteiger charge is 2.40. The number of benzene rings is 1. The van der Waals surface area contributed by atoms with Crippen LogP contribution in [0.2, 0.25) is 0 Å². The summed E-state index contributed by atoms with van der Waals surface area (Å²) in [5, 5.41) is 2.89. The Morgan fingerprint density at radius 1 is 1.00 bits per heavy atom. The van der Waals surface area contributed by atoms with E-state index in [4.69, 9.17) is 0 Å². The molecule has 1 aromatic rings. The summed E-state index contributed by atoms with van der Waals surface area (Å²) in [6, 6.07) is 5.86. The third kappa shape index (κ3) is 3.60. The first kappa shape index (κ1) is 17.2. The number of nitrogens with zero attached hydrogens (tertiary/aromatic N) is 1. The molecule has 0 bridgehead atoms. The van der Waals surface area contributed by atoms with Crippen molar-refractivity contribution in [2.24, 2.45) is 5.92 Å². The summed E-state index contributed by atoms with van der Waals surface area (Å²) in [6.45, 7) is 7.80. The molecule has 3 amide bonds. The third-order valence-electron chi connectivity index (χ3n) is 4.16. The van der Waals surface area contributed by atoms with E-state index in [-0.39, 0.29) is 11.9 Å². The Kier molecular flexibility index (Phi) is 5.19. The Balaban J connectivity index is 2.04. The van der Waals surface area contributed by atoms with Gasteiger partial charge in [-0.05, 0) is 44.7 Å². The van der Waals surface area contributed by atoms with E-state index in [2.05, 4.69) is 19.2 Å². The molecular formula is C18H24N2O3. The Bertz CT molecular complexity index is 589. The molecule has 2 unspecified atom stereocenters. The van der Waals surface area contributed by atoms with Crippen molar-refractivity contribution in [3.8, 4) is 0 Å². The summed E-state index contributed by atoms with van der Waals surface area (Å²) < 4.78 is 0. The molecule has 0 radical (unpaired) electrons. The van der Waals surface area contributed by atoms with Gasteiger partial charge >= 0.3 is 0 Å². The maximum absolute atomic E-state index is 12.4. The summed E-state index contributed by atoms with van der Waals surface area (Å²) in [4.78, 5) is 38.2. The highest BCUT2D eigenvalue weighted by Crippen LogP contribution is 2.24. The maximum Gasteiger partial charge on any atom is 0.262 e. The minimum absolute atomic E-state index is 0.0162. The van der Waals surface area contributed by atoms with Crippen molar-refractivity contribution in [3.05, 3.63) is 35.4 Å². The predicted octanol–water partition coefficient (Wildman–Crippen LogP) is 2.61. The minimum atomic E-state index is -0.816. The average Bonchev–Trinajstić information content (AvgIpc) is 2.76. The van der Waals surface area contributed by atoms with Gasteiger partial charge in [0.2, 0.25) is 5.91 Å². The molecular weight excluding hydrogens is 292 g/mol. The van der Waals surface area contributed by atoms with Gasteiger partial charge in [-0.15, -0.1) is 0 Å². The van der Waals surface area contributed by atoms with Crippen molar-refractivity contribution in [1.29, 1.82) is 0 Å². The highest BCUT2D eigenvalue weighted by molar-refractivity contribution is 6.22. The van der Waals surface area contributed by atoms with Crippen LogP contribution in [-0.4, -0.2) is 34.7 Å². The van der Waals surface area contributed by atoms with Crippen LogP contribution < -0.4 is 5.32 Å². The number of rotatable bonds is 6. The van der Waals surface area contributed by atoms with Crippen LogP contribution in [-0.2, 0) is 4.79 Å². The Morgan fingerprint density at radius 3 is 2.00 bits per heavy atom. The number of carbonyl (C=O) groups is 3. The van der Waals surface area contributed by atoms with E-state index in [0.29, 0.717) is 17.0 Å². The second-order valence-corrected chi connectivity index (χ2v) is 6.58. The Hall–Kier alpha value is -2.17. The summed E-state index contributed by atoms with van der Waals surface area (Å²) >= 11 is 0. The quantitative estimate of drug-likeness (QED) is 0.820. The summed E-state index contributed by atoms with van der Waals surface area (Å²) in [5.74, 6) is -0.523. The number of hydrogen-bond acceptors (Lipinski definition) is 3. The van der Waals surface area contributed by atoms with E-state index < -0.39 is 17.9 Å². The van der Waals surface area contributed by atoms with Crippen LogP contribution in [0.4, 0.5) is 0 Å². The molecule has 1 aromatic carbocycles. The Labute approximate surface area is 137 Å². The molecule has 23 heavy (non-hydrogen) atoms. The van der Waals surface area contributed by atoms with Crippen LogP contribution in [0, 0.1) is 5.92 Å². The first-order valence-electron chi connectivity index (χ1n) is 8.10. The van der Waals surface area contributed by atoms with Crippen LogP contribution in [0.5, 0.6) is 0 Å². The third-order valence-corrected chi connectivity index (χ3v) is 4.16. The van der Waals surface area contributed by atoms with Gasteiger partial charge in [0.15, 0.2) is 0 Å². The van der Waals surface area contributed by atoms with Gasteiger partial charge in [-0.2, -0.15) is 0 Å². The van der Waals surface area contributed by atoms with Gasteiger partial charge in [-0.25, -0.2) is 0 Å². The SMILES string of the molecule is CC(C)CCC(C)NC(=O)C(C)N1C(=O)c2ccccc2C1=O. The maximum atomic E-state index is 12.4. The van der Waals surface area contributed by atoms with Crippen molar-refractivity contribution in [1.82, 2.24) is 10.2 Å². The van der Waals surface area contributed by atoms with Gasteiger partial charge in [-0.3, -0.25) is 19.3 Å². The standard InChI is InChI=1S/C18H24N2O3/c1-11(2)9-10-12(3)19-16(21)13(4)20-17(22)14-7-5-6-8-15(14)18(20)23/h5-8,11-13H,9-10H2,1-4H3,(H,19,21). The molecule has 0 saturated carbocycles. The lowest BCUT2D eigenvalue weighted by Crippen LogP contribution is -2.49. The fourth-order valence-corrected chi connectivity index (χ4v) is 2.70. The molecule has 1 heterocycles. The van der Waals surface area contributed by atoms with Crippen molar-refractivity contribution in [2.75, 3.05) is 0 Å². The molecule has 0 spiro atoms. The topological polar surface area (TPSA) is 66.5 Å². The number of imide groups is 1. The van der Waals surface area contributed by atoms with Gasteiger partial charge in [0, 0.05) is 6.04 Å². The van der Waals surface area contributed by atoms with Gasteiger partial charge in [0.25, 0.3) is 11.8 Å². The molecule has 5 heteroatoms. The van der Waals surface area contributed by atoms with Crippen molar-refractivity contribution < 1.29 is 14.4 Å². The lowest BCUT2D eigenvalue weighted by molar-refractivity contribution is -0.125. The zero-order valence-corrected chi connectivity index (χ0v) is 14.1. The van der Waals surface area contributed by atoms with Gasteiger partial charge in [0.1, 0.15) is 6.04 Å². The molecule has 0 fully saturated rings. The van der Waals surface area contributed by atoms with E-state index in [1.54, 1.807) is 31.2 Å². The zero-order chi connectivity index (χ0) is 17.1. The largest absolute Gasteiger partial charge is 0.352 e. The van der Waals surface area contributed by atoms with E-state index in [0.717, 1.165) is 17.7 Å². The molecule has 5 nitrogen and oxygen atoms in total.